The van der Waals surface area contributed by atoms with E-state index in [0.717, 1.165) is 18.4 Å². The Hall–Kier alpha value is -2.62. The number of rotatable bonds is 6. The molecule has 0 aliphatic carbocycles. The van der Waals surface area contributed by atoms with Crippen molar-refractivity contribution in [3.05, 3.63) is 71.8 Å². The molecule has 2 aromatic rings. The summed E-state index contributed by atoms with van der Waals surface area (Å²) in [5.74, 6) is -0.144. The molecule has 4 nitrogen and oxygen atoms in total. The first-order valence-corrected chi connectivity index (χ1v) is 8.41. The Morgan fingerprint density at radius 2 is 1.58 bits per heavy atom. The number of hydrogen-bond donors (Lipinski definition) is 1. The summed E-state index contributed by atoms with van der Waals surface area (Å²) in [5.41, 5.74) is 1.14. The van der Waals surface area contributed by atoms with Gasteiger partial charge in [0.1, 0.15) is 5.54 Å². The second-order valence-electron chi connectivity index (χ2n) is 6.10. The van der Waals surface area contributed by atoms with Crippen LogP contribution in [-0.4, -0.2) is 23.4 Å². The maximum Gasteiger partial charge on any atom is 0.325 e. The molecule has 124 valence electrons. The van der Waals surface area contributed by atoms with Crippen LogP contribution in [0.25, 0.3) is 0 Å². The van der Waals surface area contributed by atoms with Crippen LogP contribution in [-0.2, 0) is 16.8 Å². The van der Waals surface area contributed by atoms with E-state index >= 15 is 0 Å². The number of amides is 3. The van der Waals surface area contributed by atoms with Gasteiger partial charge in [-0.15, -0.1) is 0 Å². The van der Waals surface area contributed by atoms with E-state index in [1.165, 1.54) is 10.5 Å². The molecule has 1 fully saturated rings. The van der Waals surface area contributed by atoms with Crippen LogP contribution in [0.1, 0.15) is 30.9 Å². The fourth-order valence-corrected chi connectivity index (χ4v) is 3.28. The van der Waals surface area contributed by atoms with Gasteiger partial charge in [0.2, 0.25) is 0 Å². The number of hydrogen-bond acceptors (Lipinski definition) is 2. The number of imide groups is 1. The molecule has 3 rings (SSSR count). The predicted octanol–water partition coefficient (Wildman–Crippen LogP) is 3.48. The number of aryl methyl sites for hydroxylation is 1. The first-order chi connectivity index (χ1) is 11.7. The zero-order valence-electron chi connectivity index (χ0n) is 13.9. The van der Waals surface area contributed by atoms with Gasteiger partial charge in [0.05, 0.1) is 0 Å². The molecule has 0 aromatic heterocycles. The van der Waals surface area contributed by atoms with Crippen molar-refractivity contribution < 1.29 is 9.59 Å². The van der Waals surface area contributed by atoms with E-state index in [9.17, 15) is 9.59 Å². The average molecular weight is 322 g/mol. The van der Waals surface area contributed by atoms with Crippen LogP contribution >= 0.6 is 0 Å². The van der Waals surface area contributed by atoms with Crippen molar-refractivity contribution in [2.45, 2.75) is 31.7 Å². The number of nitrogens with one attached hydrogen (secondary N) is 1. The summed E-state index contributed by atoms with van der Waals surface area (Å²) in [7, 11) is 0. The minimum absolute atomic E-state index is 0.144. The van der Waals surface area contributed by atoms with E-state index in [0.29, 0.717) is 13.0 Å². The third kappa shape index (κ3) is 2.92. The van der Waals surface area contributed by atoms with Crippen molar-refractivity contribution in [2.24, 2.45) is 0 Å². The lowest BCUT2D eigenvalue weighted by molar-refractivity contribution is -0.131. The van der Waals surface area contributed by atoms with Gasteiger partial charge in [-0.05, 0) is 30.4 Å². The van der Waals surface area contributed by atoms with E-state index < -0.39 is 5.54 Å². The molecule has 0 unspecified atom stereocenters. The highest BCUT2D eigenvalue weighted by molar-refractivity contribution is 6.07. The summed E-state index contributed by atoms with van der Waals surface area (Å²) >= 11 is 0. The topological polar surface area (TPSA) is 49.4 Å². The van der Waals surface area contributed by atoms with E-state index in [2.05, 4.69) is 17.4 Å². The second-order valence-corrected chi connectivity index (χ2v) is 6.10. The molecule has 1 saturated heterocycles. The summed E-state index contributed by atoms with van der Waals surface area (Å²) < 4.78 is 0. The molecule has 1 N–H and O–H groups in total. The summed E-state index contributed by atoms with van der Waals surface area (Å²) in [6.45, 7) is 2.37. The summed E-state index contributed by atoms with van der Waals surface area (Å²) in [6, 6.07) is 19.3. The van der Waals surface area contributed by atoms with Crippen LogP contribution in [0.5, 0.6) is 0 Å². The van der Waals surface area contributed by atoms with Crippen LogP contribution in [0.2, 0.25) is 0 Å². The standard InChI is InChI=1S/C20H22N2O2/c1-2-20(17-13-7-4-8-14-17)18(23)22(19(24)21-20)15-9-12-16-10-5-3-6-11-16/h3-8,10-11,13-14H,2,9,12,15H2,1H3,(H,21,24)/t20-/m0/s1. The van der Waals surface area contributed by atoms with Gasteiger partial charge in [-0.2, -0.15) is 0 Å². The fourth-order valence-electron chi connectivity index (χ4n) is 3.28. The molecule has 2 aromatic carbocycles. The predicted molar refractivity (Wildman–Crippen MR) is 93.4 cm³/mol. The van der Waals surface area contributed by atoms with E-state index in [4.69, 9.17) is 0 Å². The van der Waals surface area contributed by atoms with Crippen molar-refractivity contribution in [2.75, 3.05) is 6.54 Å². The molecular weight excluding hydrogens is 300 g/mol. The lowest BCUT2D eigenvalue weighted by atomic mass is 9.87. The van der Waals surface area contributed by atoms with Gasteiger partial charge in [-0.1, -0.05) is 67.6 Å². The SMILES string of the molecule is CC[C@@]1(c2ccccc2)NC(=O)N(CCCc2ccccc2)C1=O. The normalized spacial score (nSPS) is 20.3. The second kappa shape index (κ2) is 6.87. The largest absolute Gasteiger partial charge is 0.325 e. The summed E-state index contributed by atoms with van der Waals surface area (Å²) in [6.07, 6.45) is 2.15. The average Bonchev–Trinajstić information content (AvgIpc) is 2.88. The summed E-state index contributed by atoms with van der Waals surface area (Å²) in [5, 5.41) is 2.92. The molecule has 4 heteroatoms. The molecule has 3 amide bonds. The Morgan fingerprint density at radius 3 is 2.21 bits per heavy atom. The monoisotopic (exact) mass is 322 g/mol. The minimum atomic E-state index is -0.926. The first kappa shape index (κ1) is 16.2. The van der Waals surface area contributed by atoms with Crippen molar-refractivity contribution in [3.8, 4) is 0 Å². The van der Waals surface area contributed by atoms with Gasteiger partial charge in [-0.3, -0.25) is 9.69 Å². The van der Waals surface area contributed by atoms with Gasteiger partial charge >= 0.3 is 6.03 Å². The smallest absolute Gasteiger partial charge is 0.319 e. The van der Waals surface area contributed by atoms with Crippen molar-refractivity contribution in [1.29, 1.82) is 0 Å². The Morgan fingerprint density at radius 1 is 0.958 bits per heavy atom. The molecule has 0 bridgehead atoms. The third-order valence-electron chi connectivity index (χ3n) is 4.66. The maximum atomic E-state index is 13.0. The van der Waals surface area contributed by atoms with Crippen LogP contribution < -0.4 is 5.32 Å². The molecule has 1 aliphatic heterocycles. The minimum Gasteiger partial charge on any atom is -0.319 e. The number of carbonyl (C=O) groups is 2. The Kier molecular flexibility index (Phi) is 4.65. The van der Waals surface area contributed by atoms with Crippen LogP contribution in [0.4, 0.5) is 4.79 Å². The van der Waals surface area contributed by atoms with E-state index in [1.54, 1.807) is 0 Å². The van der Waals surface area contributed by atoms with E-state index in [-0.39, 0.29) is 11.9 Å². The highest BCUT2D eigenvalue weighted by Gasteiger charge is 2.50. The number of benzene rings is 2. The van der Waals surface area contributed by atoms with Gasteiger partial charge in [0.25, 0.3) is 5.91 Å². The lowest BCUT2D eigenvalue weighted by Gasteiger charge is -2.25. The van der Waals surface area contributed by atoms with Gasteiger partial charge < -0.3 is 5.32 Å². The van der Waals surface area contributed by atoms with Crippen LogP contribution in [0, 0.1) is 0 Å². The summed E-state index contributed by atoms with van der Waals surface area (Å²) in [4.78, 5) is 26.7. The van der Waals surface area contributed by atoms with Crippen LogP contribution in [0.3, 0.4) is 0 Å². The van der Waals surface area contributed by atoms with Crippen molar-refractivity contribution >= 4 is 11.9 Å². The van der Waals surface area contributed by atoms with Gasteiger partial charge in [0, 0.05) is 6.54 Å². The number of nitrogens with zero attached hydrogens (tertiary/aromatic N) is 1. The quantitative estimate of drug-likeness (QED) is 0.828. The number of carbonyl (C=O) groups excluding carboxylic acids is 2. The highest BCUT2D eigenvalue weighted by Crippen LogP contribution is 2.32. The zero-order valence-corrected chi connectivity index (χ0v) is 13.9. The molecule has 1 heterocycles. The fraction of sp³-hybridized carbons (Fsp3) is 0.300. The maximum absolute atomic E-state index is 13.0. The van der Waals surface area contributed by atoms with Crippen molar-refractivity contribution in [3.63, 3.8) is 0 Å². The Balaban J connectivity index is 1.71. The first-order valence-electron chi connectivity index (χ1n) is 8.41. The Labute approximate surface area is 142 Å². The lowest BCUT2D eigenvalue weighted by Crippen LogP contribution is -2.43. The molecule has 0 saturated carbocycles. The van der Waals surface area contributed by atoms with E-state index in [1.807, 2.05) is 55.5 Å². The molecule has 24 heavy (non-hydrogen) atoms. The molecule has 0 spiro atoms. The Bertz CT molecular complexity index is 715. The molecule has 1 aliphatic rings. The molecule has 1 atom stereocenters. The van der Waals surface area contributed by atoms with Crippen LogP contribution in [0.15, 0.2) is 60.7 Å². The zero-order chi connectivity index (χ0) is 17.0. The van der Waals surface area contributed by atoms with Gasteiger partial charge in [-0.25, -0.2) is 4.79 Å². The number of urea groups is 1. The van der Waals surface area contributed by atoms with Crippen molar-refractivity contribution in [1.82, 2.24) is 10.2 Å². The molecular formula is C20H22N2O2. The highest BCUT2D eigenvalue weighted by atomic mass is 16.2. The molecule has 0 radical (unpaired) electrons. The third-order valence-corrected chi connectivity index (χ3v) is 4.66. The van der Waals surface area contributed by atoms with Gasteiger partial charge in [0.15, 0.2) is 0 Å².